The summed E-state index contributed by atoms with van der Waals surface area (Å²) in [4.78, 5) is 12.4. The number of hydrogen-bond donors (Lipinski definition) is 2. The Morgan fingerprint density at radius 1 is 1.03 bits per heavy atom. The van der Waals surface area contributed by atoms with E-state index in [4.69, 9.17) is 4.74 Å². The van der Waals surface area contributed by atoms with Crippen molar-refractivity contribution < 1.29 is 17.9 Å². The molecule has 1 heterocycles. The third kappa shape index (κ3) is 5.82. The second kappa shape index (κ2) is 9.11. The number of amides is 1. The van der Waals surface area contributed by atoms with Crippen molar-refractivity contribution in [1.29, 1.82) is 0 Å². The Morgan fingerprint density at radius 2 is 1.79 bits per heavy atom. The minimum absolute atomic E-state index is 0.218. The molecule has 0 unspecified atom stereocenters. The van der Waals surface area contributed by atoms with E-state index in [1.54, 1.807) is 29.6 Å². The molecule has 0 spiro atoms. The molecule has 0 atom stereocenters. The molecule has 152 valence electrons. The summed E-state index contributed by atoms with van der Waals surface area (Å²) in [5.41, 5.74) is 2.93. The highest BCUT2D eigenvalue weighted by atomic mass is 32.2. The highest BCUT2D eigenvalue weighted by Gasteiger charge is 2.16. The molecular formula is C21H22N2O4S2. The van der Waals surface area contributed by atoms with Crippen LogP contribution >= 0.6 is 11.3 Å². The SMILES string of the molecule is Cc1cc(C)cc(OCCNC(=O)c2cccc(NS(=O)(=O)c3cccs3)c2)c1. The van der Waals surface area contributed by atoms with Crippen LogP contribution in [-0.2, 0) is 10.0 Å². The standard InChI is InChI=1S/C21H22N2O4S2/c1-15-11-16(2)13-19(12-15)27-9-8-22-21(24)17-5-3-6-18(14-17)23-29(25,26)20-7-4-10-28-20/h3-7,10-14,23H,8-9H2,1-2H3,(H,22,24). The molecule has 0 aliphatic rings. The molecule has 3 rings (SSSR count). The summed E-state index contributed by atoms with van der Waals surface area (Å²) in [6.45, 7) is 4.67. The first-order valence-corrected chi connectivity index (χ1v) is 11.4. The minimum atomic E-state index is -3.65. The number of sulfonamides is 1. The smallest absolute Gasteiger partial charge is 0.271 e. The lowest BCUT2D eigenvalue weighted by Crippen LogP contribution is -2.28. The molecule has 6 nitrogen and oxygen atoms in total. The van der Waals surface area contributed by atoms with E-state index < -0.39 is 10.0 Å². The molecule has 0 aliphatic heterocycles. The minimum Gasteiger partial charge on any atom is -0.492 e. The average Bonchev–Trinajstić information content (AvgIpc) is 3.20. The predicted molar refractivity (Wildman–Crippen MR) is 115 cm³/mol. The van der Waals surface area contributed by atoms with E-state index >= 15 is 0 Å². The fourth-order valence-electron chi connectivity index (χ4n) is 2.80. The van der Waals surface area contributed by atoms with Gasteiger partial charge >= 0.3 is 0 Å². The third-order valence-corrected chi connectivity index (χ3v) is 6.77. The first-order valence-electron chi connectivity index (χ1n) is 8.99. The normalized spacial score (nSPS) is 11.1. The van der Waals surface area contributed by atoms with Gasteiger partial charge in [-0.15, -0.1) is 11.3 Å². The number of rotatable bonds is 8. The van der Waals surface area contributed by atoms with Gasteiger partial charge in [-0.1, -0.05) is 18.2 Å². The van der Waals surface area contributed by atoms with Crippen molar-refractivity contribution in [1.82, 2.24) is 5.32 Å². The summed E-state index contributed by atoms with van der Waals surface area (Å²) in [5.74, 6) is 0.466. The first kappa shape index (κ1) is 20.9. The summed E-state index contributed by atoms with van der Waals surface area (Å²) in [5, 5.41) is 4.47. The molecule has 3 aromatic rings. The van der Waals surface area contributed by atoms with Gasteiger partial charge in [0.15, 0.2) is 0 Å². The lowest BCUT2D eigenvalue weighted by Gasteiger charge is -2.10. The molecule has 8 heteroatoms. The molecule has 0 radical (unpaired) electrons. The van der Waals surface area contributed by atoms with E-state index in [1.165, 1.54) is 12.1 Å². The van der Waals surface area contributed by atoms with Gasteiger partial charge in [0.05, 0.1) is 6.54 Å². The molecular weight excluding hydrogens is 408 g/mol. The molecule has 29 heavy (non-hydrogen) atoms. The topological polar surface area (TPSA) is 84.5 Å². The highest BCUT2D eigenvalue weighted by molar-refractivity contribution is 7.94. The summed E-state index contributed by atoms with van der Waals surface area (Å²) in [7, 11) is -3.65. The van der Waals surface area contributed by atoms with E-state index in [1.807, 2.05) is 26.0 Å². The third-order valence-electron chi connectivity index (χ3n) is 3.99. The largest absolute Gasteiger partial charge is 0.492 e. The van der Waals surface area contributed by atoms with Crippen LogP contribution in [0.5, 0.6) is 5.75 Å². The van der Waals surface area contributed by atoms with Crippen LogP contribution in [0.3, 0.4) is 0 Å². The number of benzene rings is 2. The summed E-state index contributed by atoms with van der Waals surface area (Å²) < 4.78 is 33.0. The van der Waals surface area contributed by atoms with Gasteiger partial charge in [0.25, 0.3) is 15.9 Å². The van der Waals surface area contributed by atoms with Gasteiger partial charge in [0, 0.05) is 11.3 Å². The Hall–Kier alpha value is -2.84. The number of nitrogens with one attached hydrogen (secondary N) is 2. The first-order chi connectivity index (χ1) is 13.8. The van der Waals surface area contributed by atoms with Gasteiger partial charge in [0.1, 0.15) is 16.6 Å². The summed E-state index contributed by atoms with van der Waals surface area (Å²) in [6, 6.07) is 15.5. The molecule has 0 saturated carbocycles. The Kier molecular flexibility index (Phi) is 6.56. The Morgan fingerprint density at radius 3 is 2.48 bits per heavy atom. The number of anilines is 1. The number of ether oxygens (including phenoxy) is 1. The molecule has 0 saturated heterocycles. The zero-order valence-corrected chi connectivity index (χ0v) is 17.8. The second-order valence-electron chi connectivity index (χ2n) is 6.55. The van der Waals surface area contributed by atoms with Crippen molar-refractivity contribution in [2.45, 2.75) is 18.1 Å². The van der Waals surface area contributed by atoms with E-state index in [0.29, 0.717) is 24.4 Å². The van der Waals surface area contributed by atoms with Crippen LogP contribution in [0.15, 0.2) is 64.2 Å². The quantitative estimate of drug-likeness (QED) is 0.530. The second-order valence-corrected chi connectivity index (χ2v) is 9.40. The van der Waals surface area contributed by atoms with Crippen molar-refractivity contribution in [2.24, 2.45) is 0 Å². The van der Waals surface area contributed by atoms with Crippen molar-refractivity contribution in [2.75, 3.05) is 17.9 Å². The van der Waals surface area contributed by atoms with E-state index in [9.17, 15) is 13.2 Å². The van der Waals surface area contributed by atoms with Gasteiger partial charge in [-0.3, -0.25) is 9.52 Å². The fraction of sp³-hybridized carbons (Fsp3) is 0.190. The number of thiophene rings is 1. The number of carbonyl (C=O) groups excluding carboxylic acids is 1. The zero-order chi connectivity index (χ0) is 20.9. The van der Waals surface area contributed by atoms with E-state index in [0.717, 1.165) is 28.2 Å². The van der Waals surface area contributed by atoms with Crippen LogP contribution in [0.1, 0.15) is 21.5 Å². The van der Waals surface area contributed by atoms with Gasteiger partial charge in [-0.2, -0.15) is 0 Å². The van der Waals surface area contributed by atoms with E-state index in [-0.39, 0.29) is 10.1 Å². The van der Waals surface area contributed by atoms with Crippen molar-refractivity contribution >= 4 is 33.0 Å². The van der Waals surface area contributed by atoms with Crippen molar-refractivity contribution in [3.63, 3.8) is 0 Å². The molecule has 1 aromatic heterocycles. The molecule has 0 aliphatic carbocycles. The van der Waals surface area contributed by atoms with Crippen molar-refractivity contribution in [3.05, 3.63) is 76.7 Å². The molecule has 2 aromatic carbocycles. The van der Waals surface area contributed by atoms with Crippen LogP contribution in [0.4, 0.5) is 5.69 Å². The van der Waals surface area contributed by atoms with Crippen LogP contribution < -0.4 is 14.8 Å². The summed E-state index contributed by atoms with van der Waals surface area (Å²) >= 11 is 1.13. The maximum atomic E-state index is 12.4. The summed E-state index contributed by atoms with van der Waals surface area (Å²) in [6.07, 6.45) is 0. The average molecular weight is 431 g/mol. The van der Waals surface area contributed by atoms with Gasteiger partial charge in [-0.05, 0) is 66.8 Å². The van der Waals surface area contributed by atoms with Gasteiger partial charge < -0.3 is 10.1 Å². The number of hydrogen-bond acceptors (Lipinski definition) is 5. The molecule has 2 N–H and O–H groups in total. The molecule has 1 amide bonds. The predicted octanol–water partition coefficient (Wildman–Crippen LogP) is 3.97. The van der Waals surface area contributed by atoms with Gasteiger partial charge in [-0.25, -0.2) is 8.42 Å². The lowest BCUT2D eigenvalue weighted by atomic mass is 10.1. The van der Waals surface area contributed by atoms with Crippen LogP contribution in [0, 0.1) is 13.8 Å². The Labute approximate surface area is 174 Å². The van der Waals surface area contributed by atoms with Gasteiger partial charge in [0.2, 0.25) is 0 Å². The molecule has 0 bridgehead atoms. The molecule has 0 fully saturated rings. The van der Waals surface area contributed by atoms with Crippen LogP contribution in [0.25, 0.3) is 0 Å². The maximum absolute atomic E-state index is 12.4. The van der Waals surface area contributed by atoms with Crippen molar-refractivity contribution in [3.8, 4) is 5.75 Å². The zero-order valence-electron chi connectivity index (χ0n) is 16.1. The van der Waals surface area contributed by atoms with Crippen LogP contribution in [-0.4, -0.2) is 27.5 Å². The number of carbonyl (C=O) groups is 1. The fourth-order valence-corrected chi connectivity index (χ4v) is 4.84. The van der Waals surface area contributed by atoms with E-state index in [2.05, 4.69) is 16.1 Å². The Balaban J connectivity index is 1.55. The Bertz CT molecular complexity index is 1070. The van der Waals surface area contributed by atoms with Crippen LogP contribution in [0.2, 0.25) is 0 Å². The maximum Gasteiger partial charge on any atom is 0.271 e. The highest BCUT2D eigenvalue weighted by Crippen LogP contribution is 2.21. The number of aryl methyl sites for hydroxylation is 2. The monoisotopic (exact) mass is 430 g/mol. The lowest BCUT2D eigenvalue weighted by molar-refractivity contribution is 0.0947.